The van der Waals surface area contributed by atoms with Crippen molar-refractivity contribution in [2.24, 2.45) is 5.92 Å². The molecule has 1 amide bonds. The van der Waals surface area contributed by atoms with E-state index in [9.17, 15) is 13.6 Å². The minimum Gasteiger partial charge on any atom is -0.487 e. The zero-order valence-electron chi connectivity index (χ0n) is 13.8. The van der Waals surface area contributed by atoms with Crippen molar-refractivity contribution in [1.29, 1.82) is 0 Å². The molecule has 1 saturated heterocycles. The molecule has 0 bridgehead atoms. The van der Waals surface area contributed by atoms with Gasteiger partial charge in [-0.1, -0.05) is 6.07 Å². The van der Waals surface area contributed by atoms with Crippen LogP contribution in [0.4, 0.5) is 13.6 Å². The molecule has 0 N–H and O–H groups in total. The Bertz CT molecular complexity index is 537. The van der Waals surface area contributed by atoms with Gasteiger partial charge in [-0.3, -0.25) is 0 Å². The zero-order valence-corrected chi connectivity index (χ0v) is 13.8. The molecule has 1 aliphatic rings. The summed E-state index contributed by atoms with van der Waals surface area (Å²) < 4.78 is 37.8. The normalized spacial score (nSPS) is 18.7. The number of carbonyl (C=O) groups is 1. The number of likely N-dealkylation sites (tertiary alicyclic amines) is 1. The van der Waals surface area contributed by atoms with E-state index in [1.54, 1.807) is 4.90 Å². The predicted octanol–water partition coefficient (Wildman–Crippen LogP) is 3.99. The molecule has 0 aliphatic carbocycles. The molecule has 0 radical (unpaired) electrons. The third-order valence-corrected chi connectivity index (χ3v) is 3.55. The standard InChI is InChI=1S/C17H23F2NO3/c1-17(2,3)23-16(21)20-9-5-6-12(10-20)11-22-15-13(18)7-4-8-14(15)19/h4,7-8,12H,5-6,9-11H2,1-3H3. The highest BCUT2D eigenvalue weighted by Crippen LogP contribution is 2.24. The summed E-state index contributed by atoms with van der Waals surface area (Å²) >= 11 is 0. The molecule has 128 valence electrons. The molecule has 1 aliphatic heterocycles. The van der Waals surface area contributed by atoms with Crippen molar-refractivity contribution in [2.45, 2.75) is 39.2 Å². The molecule has 0 aromatic heterocycles. The van der Waals surface area contributed by atoms with E-state index in [4.69, 9.17) is 9.47 Å². The van der Waals surface area contributed by atoms with Crippen LogP contribution >= 0.6 is 0 Å². The van der Waals surface area contributed by atoms with E-state index < -0.39 is 17.2 Å². The van der Waals surface area contributed by atoms with Crippen LogP contribution in [0.2, 0.25) is 0 Å². The van der Waals surface area contributed by atoms with E-state index in [1.165, 1.54) is 6.07 Å². The van der Waals surface area contributed by atoms with Gasteiger partial charge in [0.05, 0.1) is 6.61 Å². The minimum atomic E-state index is -0.718. The molecule has 1 fully saturated rings. The summed E-state index contributed by atoms with van der Waals surface area (Å²) in [5, 5.41) is 0. The van der Waals surface area contributed by atoms with Gasteiger partial charge in [-0.05, 0) is 45.7 Å². The van der Waals surface area contributed by atoms with E-state index >= 15 is 0 Å². The fourth-order valence-corrected chi connectivity index (χ4v) is 2.52. The maximum absolute atomic E-state index is 13.5. The number of hydrogen-bond acceptors (Lipinski definition) is 3. The molecule has 1 heterocycles. The zero-order chi connectivity index (χ0) is 17.0. The molecule has 23 heavy (non-hydrogen) atoms. The van der Waals surface area contributed by atoms with Gasteiger partial charge in [-0.25, -0.2) is 13.6 Å². The van der Waals surface area contributed by atoms with Crippen molar-refractivity contribution >= 4 is 6.09 Å². The van der Waals surface area contributed by atoms with Crippen LogP contribution in [0, 0.1) is 17.6 Å². The molecule has 6 heteroatoms. The number of benzene rings is 1. The summed E-state index contributed by atoms with van der Waals surface area (Å²) in [6, 6.07) is 3.61. The average Bonchev–Trinajstić information content (AvgIpc) is 2.45. The second kappa shape index (κ2) is 7.15. The van der Waals surface area contributed by atoms with Crippen LogP contribution in [-0.4, -0.2) is 36.3 Å². The van der Waals surface area contributed by atoms with Crippen molar-refractivity contribution in [3.63, 3.8) is 0 Å². The molecule has 1 aromatic carbocycles. The lowest BCUT2D eigenvalue weighted by Gasteiger charge is -2.34. The smallest absolute Gasteiger partial charge is 0.410 e. The van der Waals surface area contributed by atoms with Crippen LogP contribution in [0.1, 0.15) is 33.6 Å². The summed E-state index contributed by atoms with van der Waals surface area (Å²) in [5.41, 5.74) is -0.545. The van der Waals surface area contributed by atoms with Crippen molar-refractivity contribution in [3.8, 4) is 5.75 Å². The number of halogens is 2. The molecule has 1 atom stereocenters. The molecule has 0 saturated carbocycles. The van der Waals surface area contributed by atoms with E-state index in [1.807, 2.05) is 20.8 Å². The molecule has 4 nitrogen and oxygen atoms in total. The number of carbonyl (C=O) groups excluding carboxylic acids is 1. The number of piperidine rings is 1. The number of hydrogen-bond donors (Lipinski definition) is 0. The quantitative estimate of drug-likeness (QED) is 0.842. The Balaban J connectivity index is 1.90. The first-order valence-electron chi connectivity index (χ1n) is 7.81. The molecule has 2 rings (SSSR count). The summed E-state index contributed by atoms with van der Waals surface area (Å²) in [6.07, 6.45) is 1.29. The number of para-hydroxylation sites is 1. The highest BCUT2D eigenvalue weighted by molar-refractivity contribution is 5.68. The van der Waals surface area contributed by atoms with Gasteiger partial charge in [0.2, 0.25) is 0 Å². The summed E-state index contributed by atoms with van der Waals surface area (Å²) in [6.45, 7) is 6.70. The molecule has 1 aromatic rings. The third kappa shape index (κ3) is 5.08. The van der Waals surface area contributed by atoms with Gasteiger partial charge < -0.3 is 14.4 Å². The summed E-state index contributed by atoms with van der Waals surface area (Å²) in [5.74, 6) is -1.77. The maximum atomic E-state index is 13.5. The van der Waals surface area contributed by atoms with E-state index in [0.717, 1.165) is 25.0 Å². The largest absolute Gasteiger partial charge is 0.487 e. The second-order valence-corrected chi connectivity index (χ2v) is 6.80. The highest BCUT2D eigenvalue weighted by Gasteiger charge is 2.28. The van der Waals surface area contributed by atoms with Crippen LogP contribution in [0.25, 0.3) is 0 Å². The molecular weight excluding hydrogens is 304 g/mol. The number of ether oxygens (including phenoxy) is 2. The minimum absolute atomic E-state index is 0.0234. The van der Waals surface area contributed by atoms with Gasteiger partial charge in [-0.15, -0.1) is 0 Å². The number of nitrogens with zero attached hydrogens (tertiary/aromatic N) is 1. The number of amides is 1. The van der Waals surface area contributed by atoms with Gasteiger partial charge >= 0.3 is 6.09 Å². The van der Waals surface area contributed by atoms with Gasteiger partial charge in [0, 0.05) is 19.0 Å². The van der Waals surface area contributed by atoms with Crippen molar-refractivity contribution in [2.75, 3.05) is 19.7 Å². The van der Waals surface area contributed by atoms with Crippen LogP contribution in [0.3, 0.4) is 0 Å². The number of rotatable bonds is 3. The van der Waals surface area contributed by atoms with Crippen molar-refractivity contribution in [1.82, 2.24) is 4.90 Å². The Hall–Kier alpha value is -1.85. The van der Waals surface area contributed by atoms with Crippen LogP contribution in [0.5, 0.6) is 5.75 Å². The topological polar surface area (TPSA) is 38.8 Å². The third-order valence-electron chi connectivity index (χ3n) is 3.55. The van der Waals surface area contributed by atoms with Crippen molar-refractivity contribution in [3.05, 3.63) is 29.8 Å². The van der Waals surface area contributed by atoms with Crippen LogP contribution < -0.4 is 4.74 Å². The molecule has 0 spiro atoms. The van der Waals surface area contributed by atoms with Crippen molar-refractivity contribution < 1.29 is 23.0 Å². The monoisotopic (exact) mass is 327 g/mol. The Labute approximate surface area is 135 Å². The fraction of sp³-hybridized carbons (Fsp3) is 0.588. The lowest BCUT2D eigenvalue weighted by molar-refractivity contribution is 0.0137. The first kappa shape index (κ1) is 17.5. The van der Waals surface area contributed by atoms with Gasteiger partial charge in [0.25, 0.3) is 0 Å². The Kier molecular flexibility index (Phi) is 5.44. The Morgan fingerprint density at radius 1 is 1.30 bits per heavy atom. The first-order valence-corrected chi connectivity index (χ1v) is 7.81. The van der Waals surface area contributed by atoms with E-state index in [0.29, 0.717) is 13.1 Å². The molecular formula is C17H23F2NO3. The fourth-order valence-electron chi connectivity index (χ4n) is 2.52. The SMILES string of the molecule is CC(C)(C)OC(=O)N1CCCC(COc2c(F)cccc2F)C1. The van der Waals surface area contributed by atoms with Gasteiger partial charge in [0.1, 0.15) is 5.60 Å². The second-order valence-electron chi connectivity index (χ2n) is 6.80. The van der Waals surface area contributed by atoms with Gasteiger partial charge in [-0.2, -0.15) is 0 Å². The first-order chi connectivity index (χ1) is 10.8. The van der Waals surface area contributed by atoms with Gasteiger partial charge in [0.15, 0.2) is 17.4 Å². The summed E-state index contributed by atoms with van der Waals surface area (Å²) in [7, 11) is 0. The van der Waals surface area contributed by atoms with E-state index in [2.05, 4.69) is 0 Å². The maximum Gasteiger partial charge on any atom is 0.410 e. The Morgan fingerprint density at radius 3 is 2.57 bits per heavy atom. The van der Waals surface area contributed by atoms with Crippen LogP contribution in [-0.2, 0) is 4.74 Å². The van der Waals surface area contributed by atoms with Crippen LogP contribution in [0.15, 0.2) is 18.2 Å². The summed E-state index contributed by atoms with van der Waals surface area (Å²) in [4.78, 5) is 13.7. The molecule has 1 unspecified atom stereocenters. The average molecular weight is 327 g/mol. The lowest BCUT2D eigenvalue weighted by Crippen LogP contribution is -2.44. The lowest BCUT2D eigenvalue weighted by atomic mass is 9.99. The highest BCUT2D eigenvalue weighted by atomic mass is 19.1. The van der Waals surface area contributed by atoms with E-state index in [-0.39, 0.29) is 24.4 Å². The predicted molar refractivity (Wildman–Crippen MR) is 82.4 cm³/mol. The Morgan fingerprint density at radius 2 is 1.96 bits per heavy atom.